The van der Waals surface area contributed by atoms with E-state index in [0.717, 1.165) is 11.1 Å². The summed E-state index contributed by atoms with van der Waals surface area (Å²) in [5.41, 5.74) is 2.49. The highest BCUT2D eigenvalue weighted by atomic mass is 19.1. The van der Waals surface area contributed by atoms with Gasteiger partial charge in [0, 0.05) is 18.7 Å². The highest BCUT2D eigenvalue weighted by molar-refractivity contribution is 5.94. The van der Waals surface area contributed by atoms with Crippen LogP contribution in [0.25, 0.3) is 0 Å². The van der Waals surface area contributed by atoms with Crippen molar-refractivity contribution in [3.63, 3.8) is 0 Å². The number of hydrogen-bond donors (Lipinski definition) is 0. The molecule has 0 aliphatic rings. The quantitative estimate of drug-likeness (QED) is 0.648. The number of benzene rings is 2. The SMILES string of the molecule is CCOC(=O)CCN(Cc1ccc(F)cc1)C(=O)c1ccc(C(C)(C)C)cc1. The fourth-order valence-electron chi connectivity index (χ4n) is 2.82. The molecule has 0 unspecified atom stereocenters. The topological polar surface area (TPSA) is 46.6 Å². The van der Waals surface area contributed by atoms with Crippen molar-refractivity contribution < 1.29 is 18.7 Å². The smallest absolute Gasteiger partial charge is 0.307 e. The summed E-state index contributed by atoms with van der Waals surface area (Å²) in [6.45, 7) is 8.92. The van der Waals surface area contributed by atoms with Crippen molar-refractivity contribution in [2.45, 2.75) is 46.1 Å². The molecule has 0 aromatic heterocycles. The summed E-state index contributed by atoms with van der Waals surface area (Å²) >= 11 is 0. The molecule has 2 aromatic rings. The van der Waals surface area contributed by atoms with E-state index in [9.17, 15) is 14.0 Å². The zero-order chi connectivity index (χ0) is 20.7. The van der Waals surface area contributed by atoms with Gasteiger partial charge in [-0.2, -0.15) is 0 Å². The molecule has 0 spiro atoms. The Morgan fingerprint density at radius 2 is 1.61 bits per heavy atom. The van der Waals surface area contributed by atoms with E-state index in [1.165, 1.54) is 12.1 Å². The van der Waals surface area contributed by atoms with Crippen LogP contribution in [-0.2, 0) is 21.5 Å². The van der Waals surface area contributed by atoms with Crippen molar-refractivity contribution in [3.8, 4) is 0 Å². The molecule has 150 valence electrons. The van der Waals surface area contributed by atoms with Gasteiger partial charge in [-0.1, -0.05) is 45.0 Å². The molecular weight excluding hydrogens is 357 g/mol. The maximum absolute atomic E-state index is 13.2. The minimum Gasteiger partial charge on any atom is -0.466 e. The van der Waals surface area contributed by atoms with Crippen LogP contribution in [0.1, 0.15) is 55.6 Å². The first kappa shape index (κ1) is 21.6. The van der Waals surface area contributed by atoms with Crippen LogP contribution < -0.4 is 0 Å². The molecule has 0 N–H and O–H groups in total. The summed E-state index contributed by atoms with van der Waals surface area (Å²) < 4.78 is 18.1. The van der Waals surface area contributed by atoms with Gasteiger partial charge in [-0.05, 0) is 47.7 Å². The van der Waals surface area contributed by atoms with Gasteiger partial charge in [0.1, 0.15) is 5.82 Å². The molecule has 0 heterocycles. The molecule has 0 radical (unpaired) electrons. The van der Waals surface area contributed by atoms with E-state index in [-0.39, 0.29) is 36.1 Å². The lowest BCUT2D eigenvalue weighted by molar-refractivity contribution is -0.143. The minimum absolute atomic E-state index is 0.000707. The van der Waals surface area contributed by atoms with Gasteiger partial charge in [0.25, 0.3) is 5.91 Å². The van der Waals surface area contributed by atoms with Crippen molar-refractivity contribution in [1.82, 2.24) is 4.90 Å². The number of esters is 1. The van der Waals surface area contributed by atoms with E-state index in [2.05, 4.69) is 20.8 Å². The average molecular weight is 385 g/mol. The third-order valence-corrected chi connectivity index (χ3v) is 4.46. The van der Waals surface area contributed by atoms with Gasteiger partial charge in [-0.15, -0.1) is 0 Å². The first-order valence-electron chi connectivity index (χ1n) is 9.50. The van der Waals surface area contributed by atoms with E-state index in [1.807, 2.05) is 24.3 Å². The van der Waals surface area contributed by atoms with Crippen LogP contribution in [0.3, 0.4) is 0 Å². The Morgan fingerprint density at radius 3 is 2.14 bits per heavy atom. The monoisotopic (exact) mass is 385 g/mol. The minimum atomic E-state index is -0.345. The lowest BCUT2D eigenvalue weighted by Gasteiger charge is -2.24. The summed E-state index contributed by atoms with van der Waals surface area (Å²) in [6, 6.07) is 13.5. The standard InChI is InChI=1S/C23H28FNO3/c1-5-28-21(26)14-15-25(16-17-6-12-20(24)13-7-17)22(27)18-8-10-19(11-9-18)23(2,3)4/h6-13H,5,14-16H2,1-4H3. The molecule has 1 amide bonds. The number of hydrogen-bond acceptors (Lipinski definition) is 3. The fourth-order valence-corrected chi connectivity index (χ4v) is 2.82. The highest BCUT2D eigenvalue weighted by Gasteiger charge is 2.19. The van der Waals surface area contributed by atoms with Crippen LogP contribution in [0.15, 0.2) is 48.5 Å². The second-order valence-electron chi connectivity index (χ2n) is 7.74. The average Bonchev–Trinajstić information content (AvgIpc) is 2.66. The maximum Gasteiger partial charge on any atom is 0.307 e. The van der Waals surface area contributed by atoms with Crippen molar-refractivity contribution in [2.75, 3.05) is 13.2 Å². The van der Waals surface area contributed by atoms with Crippen LogP contribution >= 0.6 is 0 Å². The van der Waals surface area contributed by atoms with Gasteiger partial charge in [0.2, 0.25) is 0 Å². The lowest BCUT2D eigenvalue weighted by atomic mass is 9.86. The second-order valence-corrected chi connectivity index (χ2v) is 7.74. The second kappa shape index (κ2) is 9.49. The Balaban J connectivity index is 2.19. The molecule has 0 bridgehead atoms. The van der Waals surface area contributed by atoms with E-state index in [1.54, 1.807) is 24.0 Å². The largest absolute Gasteiger partial charge is 0.466 e. The summed E-state index contributed by atoms with van der Waals surface area (Å²) in [4.78, 5) is 26.4. The molecule has 0 saturated carbocycles. The van der Waals surface area contributed by atoms with Gasteiger partial charge in [-0.3, -0.25) is 9.59 Å². The molecule has 5 heteroatoms. The molecule has 0 saturated heterocycles. The summed E-state index contributed by atoms with van der Waals surface area (Å²) in [6.07, 6.45) is 0.112. The molecule has 0 atom stereocenters. The van der Waals surface area contributed by atoms with Gasteiger partial charge >= 0.3 is 5.97 Å². The Kier molecular flexibility index (Phi) is 7.32. The first-order chi connectivity index (χ1) is 13.2. The van der Waals surface area contributed by atoms with E-state index < -0.39 is 0 Å². The number of halogens is 1. The number of amides is 1. The normalized spacial score (nSPS) is 11.2. The van der Waals surface area contributed by atoms with Gasteiger partial charge in [0.05, 0.1) is 13.0 Å². The Bertz CT molecular complexity index is 792. The van der Waals surface area contributed by atoms with Gasteiger partial charge in [0.15, 0.2) is 0 Å². The third-order valence-electron chi connectivity index (χ3n) is 4.46. The molecule has 0 aliphatic heterocycles. The fraction of sp³-hybridized carbons (Fsp3) is 0.391. The zero-order valence-electron chi connectivity index (χ0n) is 17.0. The van der Waals surface area contributed by atoms with E-state index >= 15 is 0 Å². The van der Waals surface area contributed by atoms with Gasteiger partial charge < -0.3 is 9.64 Å². The highest BCUT2D eigenvalue weighted by Crippen LogP contribution is 2.23. The van der Waals surface area contributed by atoms with Crippen molar-refractivity contribution in [1.29, 1.82) is 0 Å². The van der Waals surface area contributed by atoms with Crippen molar-refractivity contribution in [2.24, 2.45) is 0 Å². The Morgan fingerprint density at radius 1 is 1.00 bits per heavy atom. The summed E-state index contributed by atoms with van der Waals surface area (Å²) in [5, 5.41) is 0. The van der Waals surface area contributed by atoms with E-state index in [0.29, 0.717) is 18.7 Å². The maximum atomic E-state index is 13.2. The number of rotatable bonds is 7. The van der Waals surface area contributed by atoms with Crippen molar-refractivity contribution in [3.05, 3.63) is 71.0 Å². The molecular formula is C23H28FNO3. The Labute approximate surface area is 166 Å². The summed E-state index contributed by atoms with van der Waals surface area (Å²) in [5.74, 6) is -0.845. The number of ether oxygens (including phenoxy) is 1. The summed E-state index contributed by atoms with van der Waals surface area (Å²) in [7, 11) is 0. The number of carbonyl (C=O) groups is 2. The molecule has 28 heavy (non-hydrogen) atoms. The van der Waals surface area contributed by atoms with Gasteiger partial charge in [-0.25, -0.2) is 4.39 Å². The van der Waals surface area contributed by atoms with Crippen LogP contribution in [0.2, 0.25) is 0 Å². The van der Waals surface area contributed by atoms with Crippen LogP contribution in [0, 0.1) is 5.82 Å². The molecule has 0 aliphatic carbocycles. The molecule has 2 rings (SSSR count). The molecule has 2 aromatic carbocycles. The van der Waals surface area contributed by atoms with Crippen molar-refractivity contribution >= 4 is 11.9 Å². The van der Waals surface area contributed by atoms with Crippen LogP contribution in [0.5, 0.6) is 0 Å². The Hall–Kier alpha value is -2.69. The van der Waals surface area contributed by atoms with E-state index in [4.69, 9.17) is 4.74 Å². The van der Waals surface area contributed by atoms with Crippen LogP contribution in [-0.4, -0.2) is 29.9 Å². The number of carbonyl (C=O) groups excluding carboxylic acids is 2. The predicted octanol–water partition coefficient (Wildman–Crippen LogP) is 4.72. The zero-order valence-corrected chi connectivity index (χ0v) is 17.0. The van der Waals surface area contributed by atoms with Crippen LogP contribution in [0.4, 0.5) is 4.39 Å². The first-order valence-corrected chi connectivity index (χ1v) is 9.50. The molecule has 0 fully saturated rings. The third kappa shape index (κ3) is 6.19. The predicted molar refractivity (Wildman–Crippen MR) is 108 cm³/mol. The number of nitrogens with zero attached hydrogens (tertiary/aromatic N) is 1. The lowest BCUT2D eigenvalue weighted by Crippen LogP contribution is -2.33. The molecule has 4 nitrogen and oxygen atoms in total.